The number of nitrogens with zero attached hydrogens (tertiary/aromatic N) is 1. The molecule has 2 unspecified atom stereocenters. The Morgan fingerprint density at radius 3 is 3.06 bits per heavy atom. The molecule has 2 aliphatic rings. The van der Waals surface area contributed by atoms with Gasteiger partial charge in [0.2, 0.25) is 0 Å². The second kappa shape index (κ2) is 3.72. The highest BCUT2D eigenvalue weighted by molar-refractivity contribution is 5.95. The van der Waals surface area contributed by atoms with Crippen LogP contribution in [-0.4, -0.2) is 34.2 Å². The van der Waals surface area contributed by atoms with Crippen molar-refractivity contribution < 1.29 is 9.59 Å². The van der Waals surface area contributed by atoms with Crippen molar-refractivity contribution >= 4 is 11.7 Å². The minimum absolute atomic E-state index is 0.0340. The summed E-state index contributed by atoms with van der Waals surface area (Å²) in [5, 5.41) is 0. The van der Waals surface area contributed by atoms with Crippen LogP contribution in [0.25, 0.3) is 0 Å². The first-order valence-electron chi connectivity index (χ1n) is 6.14. The summed E-state index contributed by atoms with van der Waals surface area (Å²) in [4.78, 5) is 28.6. The van der Waals surface area contributed by atoms with Crippen LogP contribution in [0.3, 0.4) is 0 Å². The summed E-state index contributed by atoms with van der Waals surface area (Å²) in [6.45, 7) is 2.22. The number of H-pyrrole nitrogens is 1. The fraction of sp³-hybridized carbons (Fsp3) is 0.538. The Balaban J connectivity index is 1.89. The second-order valence-corrected chi connectivity index (χ2v) is 5.08. The van der Waals surface area contributed by atoms with Crippen LogP contribution in [0.4, 0.5) is 0 Å². The highest BCUT2D eigenvalue weighted by Gasteiger charge is 2.38. The van der Waals surface area contributed by atoms with Crippen LogP contribution in [0.2, 0.25) is 0 Å². The molecule has 0 bridgehead atoms. The number of ketones is 1. The Bertz CT molecular complexity index is 478. The van der Waals surface area contributed by atoms with Crippen LogP contribution in [0.5, 0.6) is 0 Å². The van der Waals surface area contributed by atoms with Crippen LogP contribution in [0.15, 0.2) is 12.3 Å². The van der Waals surface area contributed by atoms with Crippen LogP contribution in [-0.2, 0) is 11.2 Å². The number of carbonyl (C=O) groups is 2. The van der Waals surface area contributed by atoms with Crippen molar-refractivity contribution in [3.05, 3.63) is 23.5 Å². The lowest BCUT2D eigenvalue weighted by atomic mass is 9.85. The van der Waals surface area contributed by atoms with Crippen LogP contribution >= 0.6 is 0 Å². The molecule has 1 fully saturated rings. The summed E-state index contributed by atoms with van der Waals surface area (Å²) in [7, 11) is 0. The van der Waals surface area contributed by atoms with Gasteiger partial charge in [0.05, 0.1) is 0 Å². The van der Waals surface area contributed by atoms with Gasteiger partial charge < -0.3 is 9.88 Å². The largest absolute Gasteiger partial charge is 0.357 e. The van der Waals surface area contributed by atoms with Crippen molar-refractivity contribution in [2.75, 3.05) is 6.54 Å². The number of nitrogens with one attached hydrogen (secondary N) is 1. The van der Waals surface area contributed by atoms with E-state index in [0.29, 0.717) is 18.3 Å². The fourth-order valence-electron chi connectivity index (χ4n) is 2.99. The molecule has 0 aliphatic carbocycles. The Kier molecular flexibility index (Phi) is 2.31. The lowest BCUT2D eigenvalue weighted by Crippen LogP contribution is -2.51. The van der Waals surface area contributed by atoms with E-state index in [9.17, 15) is 9.59 Å². The predicted octanol–water partition coefficient (Wildman–Crippen LogP) is 1.38. The van der Waals surface area contributed by atoms with Gasteiger partial charge in [-0.2, -0.15) is 0 Å². The van der Waals surface area contributed by atoms with Gasteiger partial charge in [0.15, 0.2) is 0 Å². The van der Waals surface area contributed by atoms with Gasteiger partial charge in [-0.05, 0) is 37.8 Å². The summed E-state index contributed by atoms with van der Waals surface area (Å²) in [6.07, 6.45) is 4.61. The highest BCUT2D eigenvalue weighted by Crippen LogP contribution is 2.31. The van der Waals surface area contributed by atoms with Crippen molar-refractivity contribution in [1.29, 1.82) is 0 Å². The Morgan fingerprint density at radius 1 is 1.47 bits per heavy atom. The first kappa shape index (κ1) is 10.6. The lowest BCUT2D eigenvalue weighted by molar-refractivity contribution is -0.122. The minimum Gasteiger partial charge on any atom is -0.357 e. The van der Waals surface area contributed by atoms with Gasteiger partial charge in [-0.25, -0.2) is 0 Å². The first-order valence-corrected chi connectivity index (χ1v) is 6.14. The normalized spacial score (nSPS) is 27.6. The zero-order valence-electron chi connectivity index (χ0n) is 9.90. The van der Waals surface area contributed by atoms with E-state index in [-0.39, 0.29) is 17.6 Å². The summed E-state index contributed by atoms with van der Waals surface area (Å²) in [6, 6.07) is 2.28. The topological polar surface area (TPSA) is 53.2 Å². The number of carbonyl (C=O) groups excluding carboxylic acids is 2. The van der Waals surface area contributed by atoms with Crippen molar-refractivity contribution in [2.24, 2.45) is 5.92 Å². The van der Waals surface area contributed by atoms with Crippen molar-refractivity contribution in [2.45, 2.75) is 32.2 Å². The number of fused-ring (bicyclic) bond motifs is 2. The van der Waals surface area contributed by atoms with Crippen LogP contribution in [0, 0.1) is 5.92 Å². The maximum atomic E-state index is 12.3. The van der Waals surface area contributed by atoms with E-state index in [4.69, 9.17) is 0 Å². The number of aromatic nitrogens is 1. The molecule has 1 N–H and O–H groups in total. The Labute approximate surface area is 100.0 Å². The number of hydrogen-bond acceptors (Lipinski definition) is 2. The van der Waals surface area contributed by atoms with E-state index in [0.717, 1.165) is 24.8 Å². The van der Waals surface area contributed by atoms with Crippen LogP contribution in [0.1, 0.15) is 35.8 Å². The molecule has 1 saturated heterocycles. The van der Waals surface area contributed by atoms with Gasteiger partial charge in [0.25, 0.3) is 5.91 Å². The van der Waals surface area contributed by atoms with Gasteiger partial charge in [-0.15, -0.1) is 0 Å². The molecule has 4 nitrogen and oxygen atoms in total. The SMILES string of the molecule is CC(=O)C1CCC2Cc3cc[nH]c3C(=O)N2C1. The standard InChI is InChI=1S/C13H16N2O2/c1-8(16)10-2-3-11-6-9-4-5-14-12(9)13(17)15(11)7-10/h4-5,10-11,14H,2-3,6-7H2,1H3. The van der Waals surface area contributed by atoms with E-state index in [1.807, 2.05) is 17.2 Å². The Hall–Kier alpha value is -1.58. The molecule has 3 rings (SSSR count). The summed E-state index contributed by atoms with van der Waals surface area (Å²) < 4.78 is 0. The first-order chi connectivity index (χ1) is 8.16. The molecule has 0 radical (unpaired) electrons. The third-order valence-electron chi connectivity index (χ3n) is 4.04. The molecule has 1 amide bonds. The molecule has 1 aromatic rings. The third kappa shape index (κ3) is 1.59. The van der Waals surface area contributed by atoms with Gasteiger partial charge in [0.1, 0.15) is 11.5 Å². The van der Waals surface area contributed by atoms with Gasteiger partial charge >= 0.3 is 0 Å². The number of Topliss-reactive ketones (excluding diaryl/α,β-unsaturated/α-hetero) is 1. The van der Waals surface area contributed by atoms with Gasteiger partial charge in [0, 0.05) is 24.7 Å². The maximum absolute atomic E-state index is 12.3. The zero-order chi connectivity index (χ0) is 12.0. The highest BCUT2D eigenvalue weighted by atomic mass is 16.2. The van der Waals surface area contributed by atoms with Crippen molar-refractivity contribution in [1.82, 2.24) is 9.88 Å². The molecule has 90 valence electrons. The third-order valence-corrected chi connectivity index (χ3v) is 4.04. The maximum Gasteiger partial charge on any atom is 0.270 e. The van der Waals surface area contributed by atoms with E-state index in [1.165, 1.54) is 0 Å². The predicted molar refractivity (Wildman–Crippen MR) is 62.7 cm³/mol. The van der Waals surface area contributed by atoms with Gasteiger partial charge in [-0.1, -0.05) is 0 Å². The zero-order valence-corrected chi connectivity index (χ0v) is 9.90. The molecule has 2 atom stereocenters. The molecule has 0 aromatic carbocycles. The molecular formula is C13H16N2O2. The molecule has 17 heavy (non-hydrogen) atoms. The average Bonchev–Trinajstić information content (AvgIpc) is 2.77. The number of amides is 1. The molecule has 1 aromatic heterocycles. The lowest BCUT2D eigenvalue weighted by Gasteiger charge is -2.41. The monoisotopic (exact) mass is 232 g/mol. The smallest absolute Gasteiger partial charge is 0.270 e. The summed E-state index contributed by atoms with van der Waals surface area (Å²) in [5.41, 5.74) is 1.84. The quantitative estimate of drug-likeness (QED) is 0.795. The number of aromatic amines is 1. The molecular weight excluding hydrogens is 216 g/mol. The summed E-state index contributed by atoms with van der Waals surface area (Å²) >= 11 is 0. The van der Waals surface area contributed by atoms with E-state index in [2.05, 4.69) is 4.98 Å². The average molecular weight is 232 g/mol. The van der Waals surface area contributed by atoms with Gasteiger partial charge in [-0.3, -0.25) is 9.59 Å². The molecule has 4 heteroatoms. The molecule has 3 heterocycles. The van der Waals surface area contributed by atoms with E-state index in [1.54, 1.807) is 6.92 Å². The Morgan fingerprint density at radius 2 is 2.29 bits per heavy atom. The van der Waals surface area contributed by atoms with E-state index >= 15 is 0 Å². The second-order valence-electron chi connectivity index (χ2n) is 5.08. The minimum atomic E-state index is 0.0340. The summed E-state index contributed by atoms with van der Waals surface area (Å²) in [5.74, 6) is 0.299. The fourth-order valence-corrected chi connectivity index (χ4v) is 2.99. The van der Waals surface area contributed by atoms with Crippen molar-refractivity contribution in [3.63, 3.8) is 0 Å². The number of piperidine rings is 1. The number of hydrogen-bond donors (Lipinski definition) is 1. The van der Waals surface area contributed by atoms with E-state index < -0.39 is 0 Å². The number of rotatable bonds is 1. The molecule has 0 spiro atoms. The molecule has 0 saturated carbocycles. The molecule has 2 aliphatic heterocycles. The van der Waals surface area contributed by atoms with Crippen molar-refractivity contribution in [3.8, 4) is 0 Å². The van der Waals surface area contributed by atoms with Crippen LogP contribution < -0.4 is 0 Å².